The van der Waals surface area contributed by atoms with Crippen LogP contribution in [0.5, 0.6) is 0 Å². The van der Waals surface area contributed by atoms with E-state index in [0.717, 1.165) is 11.3 Å². The average Bonchev–Trinajstić information content (AvgIpc) is 2.97. The Hall–Kier alpha value is -1.66. The van der Waals surface area contributed by atoms with Crippen molar-refractivity contribution >= 4 is 12.6 Å². The van der Waals surface area contributed by atoms with Crippen LogP contribution in [0.25, 0.3) is 5.82 Å². The van der Waals surface area contributed by atoms with Crippen LogP contribution >= 0.6 is 0 Å². The summed E-state index contributed by atoms with van der Waals surface area (Å²) < 4.78 is 13.8. The Labute approximate surface area is 119 Å². The highest BCUT2D eigenvalue weighted by Crippen LogP contribution is 2.36. The molecule has 2 aromatic heterocycles. The van der Waals surface area contributed by atoms with Gasteiger partial charge >= 0.3 is 7.12 Å². The van der Waals surface area contributed by atoms with E-state index in [1.807, 2.05) is 52.1 Å². The van der Waals surface area contributed by atoms with Gasteiger partial charge in [0.25, 0.3) is 0 Å². The zero-order chi connectivity index (χ0) is 14.4. The van der Waals surface area contributed by atoms with Gasteiger partial charge in [0.1, 0.15) is 0 Å². The lowest BCUT2D eigenvalue weighted by molar-refractivity contribution is 0.00578. The Balaban J connectivity index is 1.91. The summed E-state index contributed by atoms with van der Waals surface area (Å²) in [6, 6.07) is 5.72. The predicted molar refractivity (Wildman–Crippen MR) is 77.1 cm³/mol. The lowest BCUT2D eigenvalue weighted by Gasteiger charge is -2.32. The summed E-state index contributed by atoms with van der Waals surface area (Å²) in [7, 11) is -0.377. The van der Waals surface area contributed by atoms with Gasteiger partial charge in [-0.25, -0.2) is 9.67 Å². The molecule has 0 radical (unpaired) electrons. The topological polar surface area (TPSA) is 49.2 Å². The van der Waals surface area contributed by atoms with E-state index >= 15 is 0 Å². The van der Waals surface area contributed by atoms with E-state index in [0.29, 0.717) is 0 Å². The van der Waals surface area contributed by atoms with Crippen LogP contribution in [0.2, 0.25) is 0 Å². The van der Waals surface area contributed by atoms with Crippen molar-refractivity contribution in [2.75, 3.05) is 0 Å². The highest BCUT2D eigenvalue weighted by molar-refractivity contribution is 6.62. The minimum atomic E-state index is -0.377. The summed E-state index contributed by atoms with van der Waals surface area (Å²) in [5.41, 5.74) is 0.267. The molecule has 0 saturated carbocycles. The molecule has 0 aromatic carbocycles. The molecule has 20 heavy (non-hydrogen) atoms. The van der Waals surface area contributed by atoms with Gasteiger partial charge in [0.2, 0.25) is 0 Å². The third kappa shape index (κ3) is 2.15. The normalized spacial score (nSPS) is 20.3. The van der Waals surface area contributed by atoms with Crippen molar-refractivity contribution in [3.63, 3.8) is 0 Å². The van der Waals surface area contributed by atoms with E-state index in [-0.39, 0.29) is 18.3 Å². The molecular weight excluding hydrogens is 253 g/mol. The fraction of sp³-hybridized carbons (Fsp3) is 0.429. The summed E-state index contributed by atoms with van der Waals surface area (Å²) in [6.45, 7) is 8.18. The Morgan fingerprint density at radius 3 is 2.40 bits per heavy atom. The van der Waals surface area contributed by atoms with Crippen molar-refractivity contribution in [1.29, 1.82) is 0 Å². The molecular formula is C14H18BN3O2. The number of hydrogen-bond acceptors (Lipinski definition) is 4. The molecule has 3 heterocycles. The molecule has 2 aromatic rings. The molecule has 0 amide bonds. The SMILES string of the molecule is CC1(C)OB(c2ccnc(-n3cccn3)c2)OC1(C)C. The number of nitrogens with zero attached hydrogens (tertiary/aromatic N) is 3. The second-order valence-electron chi connectivity index (χ2n) is 5.99. The first-order valence-corrected chi connectivity index (χ1v) is 6.71. The van der Waals surface area contributed by atoms with Crippen LogP contribution in [0.1, 0.15) is 27.7 Å². The minimum absolute atomic E-state index is 0.340. The van der Waals surface area contributed by atoms with Crippen LogP contribution in [0, 0.1) is 0 Å². The summed E-state index contributed by atoms with van der Waals surface area (Å²) in [5, 5.41) is 4.18. The Bertz CT molecular complexity index is 595. The largest absolute Gasteiger partial charge is 0.495 e. The molecule has 0 bridgehead atoms. The van der Waals surface area contributed by atoms with Crippen LogP contribution in [0.3, 0.4) is 0 Å². The zero-order valence-corrected chi connectivity index (χ0v) is 12.2. The van der Waals surface area contributed by atoms with Crippen LogP contribution < -0.4 is 5.46 Å². The molecule has 6 heteroatoms. The number of pyridine rings is 1. The third-order valence-electron chi connectivity index (χ3n) is 4.03. The quantitative estimate of drug-likeness (QED) is 0.778. The first-order chi connectivity index (χ1) is 9.39. The maximum Gasteiger partial charge on any atom is 0.495 e. The molecule has 1 fully saturated rings. The average molecular weight is 271 g/mol. The van der Waals surface area contributed by atoms with E-state index in [1.54, 1.807) is 17.1 Å². The van der Waals surface area contributed by atoms with E-state index in [4.69, 9.17) is 9.31 Å². The first-order valence-electron chi connectivity index (χ1n) is 6.71. The first kappa shape index (κ1) is 13.3. The summed E-state index contributed by atoms with van der Waals surface area (Å²) in [5.74, 6) is 0.752. The Morgan fingerprint density at radius 2 is 1.80 bits per heavy atom. The van der Waals surface area contributed by atoms with Crippen molar-refractivity contribution < 1.29 is 9.31 Å². The van der Waals surface area contributed by atoms with E-state index in [2.05, 4.69) is 10.1 Å². The van der Waals surface area contributed by atoms with Gasteiger partial charge < -0.3 is 9.31 Å². The monoisotopic (exact) mass is 271 g/mol. The molecule has 5 nitrogen and oxygen atoms in total. The highest BCUT2D eigenvalue weighted by Gasteiger charge is 2.51. The fourth-order valence-corrected chi connectivity index (χ4v) is 2.09. The summed E-state index contributed by atoms with van der Waals surface area (Å²) in [6.07, 6.45) is 5.33. The maximum atomic E-state index is 6.04. The molecule has 3 rings (SSSR count). The molecule has 0 unspecified atom stereocenters. The van der Waals surface area contributed by atoms with Crippen LogP contribution in [-0.4, -0.2) is 33.1 Å². The van der Waals surface area contributed by atoms with Gasteiger partial charge in [-0.3, -0.25) is 0 Å². The smallest absolute Gasteiger partial charge is 0.399 e. The second-order valence-corrected chi connectivity index (χ2v) is 5.99. The molecule has 0 spiro atoms. The molecule has 1 aliphatic heterocycles. The molecule has 0 atom stereocenters. The predicted octanol–water partition coefficient (Wildman–Crippen LogP) is 1.57. The Kier molecular flexibility index (Phi) is 2.95. The minimum Gasteiger partial charge on any atom is -0.399 e. The lowest BCUT2D eigenvalue weighted by atomic mass is 9.80. The number of aromatic nitrogens is 3. The Morgan fingerprint density at radius 1 is 1.10 bits per heavy atom. The zero-order valence-electron chi connectivity index (χ0n) is 12.2. The molecule has 1 aliphatic rings. The van der Waals surface area contributed by atoms with E-state index < -0.39 is 0 Å². The fourth-order valence-electron chi connectivity index (χ4n) is 2.09. The number of rotatable bonds is 2. The van der Waals surface area contributed by atoms with Gasteiger partial charge in [-0.05, 0) is 51.4 Å². The third-order valence-corrected chi connectivity index (χ3v) is 4.03. The van der Waals surface area contributed by atoms with Crippen LogP contribution in [0.4, 0.5) is 0 Å². The van der Waals surface area contributed by atoms with Crippen molar-refractivity contribution in [3.05, 3.63) is 36.8 Å². The van der Waals surface area contributed by atoms with Crippen LogP contribution in [-0.2, 0) is 9.31 Å². The second kappa shape index (κ2) is 4.43. The summed E-state index contributed by atoms with van der Waals surface area (Å²) >= 11 is 0. The highest BCUT2D eigenvalue weighted by atomic mass is 16.7. The molecule has 1 saturated heterocycles. The molecule has 0 N–H and O–H groups in total. The van der Waals surface area contributed by atoms with Gasteiger partial charge in [-0.15, -0.1) is 0 Å². The maximum absolute atomic E-state index is 6.04. The van der Waals surface area contributed by atoms with Crippen molar-refractivity contribution in [1.82, 2.24) is 14.8 Å². The molecule has 0 aliphatic carbocycles. The summed E-state index contributed by atoms with van der Waals surface area (Å²) in [4.78, 5) is 4.32. The van der Waals surface area contributed by atoms with Gasteiger partial charge in [0, 0.05) is 18.6 Å². The molecule has 104 valence electrons. The standard InChI is InChI=1S/C14H18BN3O2/c1-13(2)14(3,4)20-15(19-13)11-6-8-16-12(10-11)18-9-5-7-17-18/h5-10H,1-4H3. The lowest BCUT2D eigenvalue weighted by Crippen LogP contribution is -2.41. The van der Waals surface area contributed by atoms with Gasteiger partial charge in [-0.1, -0.05) is 0 Å². The van der Waals surface area contributed by atoms with Crippen molar-refractivity contribution in [3.8, 4) is 5.82 Å². The van der Waals surface area contributed by atoms with Crippen molar-refractivity contribution in [2.24, 2.45) is 0 Å². The van der Waals surface area contributed by atoms with E-state index in [9.17, 15) is 0 Å². The van der Waals surface area contributed by atoms with E-state index in [1.165, 1.54) is 0 Å². The van der Waals surface area contributed by atoms with Gasteiger partial charge in [-0.2, -0.15) is 5.10 Å². The van der Waals surface area contributed by atoms with Crippen molar-refractivity contribution in [2.45, 2.75) is 38.9 Å². The van der Waals surface area contributed by atoms with Gasteiger partial charge in [0.05, 0.1) is 11.2 Å². The van der Waals surface area contributed by atoms with Crippen LogP contribution in [0.15, 0.2) is 36.8 Å². The van der Waals surface area contributed by atoms with Gasteiger partial charge in [0.15, 0.2) is 5.82 Å². The number of hydrogen-bond donors (Lipinski definition) is 0.